The zero-order valence-electron chi connectivity index (χ0n) is 10.7. The average Bonchev–Trinajstić information content (AvgIpc) is 2.39. The predicted molar refractivity (Wildman–Crippen MR) is 84.3 cm³/mol. The Morgan fingerprint density at radius 3 is 2.79 bits per heavy atom. The fourth-order valence-corrected chi connectivity index (χ4v) is 3.46. The van der Waals surface area contributed by atoms with Crippen molar-refractivity contribution < 1.29 is 0 Å². The molecule has 0 aliphatic carbocycles. The van der Waals surface area contributed by atoms with Crippen LogP contribution in [0.15, 0.2) is 22.8 Å². The van der Waals surface area contributed by atoms with Gasteiger partial charge in [-0.3, -0.25) is 4.98 Å². The van der Waals surface area contributed by atoms with E-state index in [-0.39, 0.29) is 0 Å². The van der Waals surface area contributed by atoms with E-state index in [1.165, 1.54) is 5.69 Å². The maximum Gasteiger partial charge on any atom is 0.0910 e. The minimum absolute atomic E-state index is 0.721. The molecule has 0 radical (unpaired) electrons. The van der Waals surface area contributed by atoms with Gasteiger partial charge in [0.15, 0.2) is 0 Å². The summed E-state index contributed by atoms with van der Waals surface area (Å²) in [7, 11) is 0. The Bertz CT molecular complexity index is 624. The van der Waals surface area contributed by atoms with Gasteiger partial charge in [0, 0.05) is 37.8 Å². The number of aryl methyl sites for hydroxylation is 1. The van der Waals surface area contributed by atoms with E-state index in [9.17, 15) is 0 Å². The summed E-state index contributed by atoms with van der Waals surface area (Å²) in [4.78, 5) is 6.85. The van der Waals surface area contributed by atoms with E-state index < -0.39 is 0 Å². The second kappa shape index (κ2) is 5.27. The first-order chi connectivity index (χ1) is 9.16. The molecule has 1 aromatic carbocycles. The molecule has 0 atom stereocenters. The molecule has 0 amide bonds. The first-order valence-corrected chi connectivity index (χ1v) is 7.54. The molecule has 1 aliphatic heterocycles. The van der Waals surface area contributed by atoms with Crippen LogP contribution in [-0.4, -0.2) is 31.2 Å². The van der Waals surface area contributed by atoms with Gasteiger partial charge in [-0.15, -0.1) is 0 Å². The summed E-state index contributed by atoms with van der Waals surface area (Å²) in [6, 6.07) is 4.13. The van der Waals surface area contributed by atoms with Gasteiger partial charge in [-0.2, -0.15) is 0 Å². The van der Waals surface area contributed by atoms with Crippen LogP contribution in [0.1, 0.15) is 5.56 Å². The highest BCUT2D eigenvalue weighted by Crippen LogP contribution is 2.36. The van der Waals surface area contributed by atoms with E-state index in [2.05, 4.69) is 44.1 Å². The second-order valence-corrected chi connectivity index (χ2v) is 6.10. The van der Waals surface area contributed by atoms with Crippen LogP contribution in [0.25, 0.3) is 10.9 Å². The number of hydrogen-bond acceptors (Lipinski definition) is 3. The van der Waals surface area contributed by atoms with Crippen molar-refractivity contribution in [2.24, 2.45) is 0 Å². The minimum atomic E-state index is 0.721. The number of pyridine rings is 1. The number of piperazine rings is 1. The molecule has 0 spiro atoms. The average molecular weight is 341 g/mol. The molecular weight excluding hydrogens is 326 g/mol. The highest BCUT2D eigenvalue weighted by molar-refractivity contribution is 9.10. The van der Waals surface area contributed by atoms with Gasteiger partial charge in [0.1, 0.15) is 0 Å². The van der Waals surface area contributed by atoms with Crippen LogP contribution in [0.2, 0.25) is 5.02 Å². The minimum Gasteiger partial charge on any atom is -0.367 e. The van der Waals surface area contributed by atoms with Crippen molar-refractivity contribution in [2.45, 2.75) is 6.92 Å². The third kappa shape index (κ3) is 2.45. The van der Waals surface area contributed by atoms with Crippen LogP contribution in [0, 0.1) is 6.92 Å². The lowest BCUT2D eigenvalue weighted by Gasteiger charge is -2.31. The number of benzene rings is 1. The zero-order valence-corrected chi connectivity index (χ0v) is 13.1. The van der Waals surface area contributed by atoms with Gasteiger partial charge < -0.3 is 10.2 Å². The van der Waals surface area contributed by atoms with Crippen LogP contribution >= 0.6 is 27.5 Å². The monoisotopic (exact) mass is 339 g/mol. The summed E-state index contributed by atoms with van der Waals surface area (Å²) in [6.45, 7) is 6.09. The Labute approximate surface area is 126 Å². The van der Waals surface area contributed by atoms with Crippen LogP contribution in [-0.2, 0) is 0 Å². The van der Waals surface area contributed by atoms with Crippen molar-refractivity contribution in [3.8, 4) is 0 Å². The molecule has 2 aromatic rings. The summed E-state index contributed by atoms with van der Waals surface area (Å²) in [5.74, 6) is 0. The second-order valence-electron chi connectivity index (χ2n) is 4.83. The van der Waals surface area contributed by atoms with Gasteiger partial charge in [0.2, 0.25) is 0 Å². The van der Waals surface area contributed by atoms with Gasteiger partial charge in [-0.1, -0.05) is 11.6 Å². The molecule has 19 heavy (non-hydrogen) atoms. The van der Waals surface area contributed by atoms with E-state index in [4.69, 9.17) is 11.6 Å². The number of hydrogen-bond donors (Lipinski definition) is 1. The summed E-state index contributed by atoms with van der Waals surface area (Å²) >= 11 is 9.95. The third-order valence-electron chi connectivity index (χ3n) is 3.43. The van der Waals surface area contributed by atoms with Crippen LogP contribution in [0.4, 0.5) is 5.69 Å². The lowest BCUT2D eigenvalue weighted by atomic mass is 10.1. The maximum absolute atomic E-state index is 6.32. The summed E-state index contributed by atoms with van der Waals surface area (Å²) < 4.78 is 1.03. The number of anilines is 1. The molecule has 1 N–H and O–H groups in total. The van der Waals surface area contributed by atoms with Crippen molar-refractivity contribution >= 4 is 44.1 Å². The highest BCUT2D eigenvalue weighted by Gasteiger charge is 2.18. The molecule has 1 saturated heterocycles. The van der Waals surface area contributed by atoms with E-state index in [0.29, 0.717) is 0 Å². The number of aromatic nitrogens is 1. The molecule has 1 aliphatic rings. The fourth-order valence-electron chi connectivity index (χ4n) is 2.57. The molecule has 2 heterocycles. The van der Waals surface area contributed by atoms with Gasteiger partial charge in [-0.25, -0.2) is 0 Å². The van der Waals surface area contributed by atoms with Crippen molar-refractivity contribution in [1.82, 2.24) is 10.3 Å². The van der Waals surface area contributed by atoms with E-state index in [0.717, 1.165) is 52.1 Å². The third-order valence-corrected chi connectivity index (χ3v) is 4.30. The Kier molecular flexibility index (Phi) is 3.65. The molecule has 0 bridgehead atoms. The lowest BCUT2D eigenvalue weighted by Crippen LogP contribution is -2.43. The molecule has 3 nitrogen and oxygen atoms in total. The van der Waals surface area contributed by atoms with Crippen molar-refractivity contribution in [1.29, 1.82) is 0 Å². The Balaban J connectivity index is 2.23. The summed E-state index contributed by atoms with van der Waals surface area (Å²) in [6.07, 6.45) is 1.85. The topological polar surface area (TPSA) is 28.2 Å². The molecule has 0 unspecified atom stereocenters. The normalized spacial score (nSPS) is 16.1. The fraction of sp³-hybridized carbons (Fsp3) is 0.357. The van der Waals surface area contributed by atoms with Crippen LogP contribution in [0.5, 0.6) is 0 Å². The summed E-state index contributed by atoms with van der Waals surface area (Å²) in [5, 5.41) is 5.22. The number of fused-ring (bicyclic) bond motifs is 1. The summed E-state index contributed by atoms with van der Waals surface area (Å²) in [5.41, 5.74) is 3.25. The van der Waals surface area contributed by atoms with Gasteiger partial charge >= 0.3 is 0 Å². The number of halogens is 2. The molecule has 3 rings (SSSR count). The Morgan fingerprint density at radius 2 is 2.05 bits per heavy atom. The van der Waals surface area contributed by atoms with Gasteiger partial charge in [0.05, 0.1) is 20.7 Å². The van der Waals surface area contributed by atoms with Crippen LogP contribution in [0.3, 0.4) is 0 Å². The largest absolute Gasteiger partial charge is 0.367 e. The number of nitrogens with zero attached hydrogens (tertiary/aromatic N) is 2. The molecule has 1 fully saturated rings. The molecule has 1 aromatic heterocycles. The lowest BCUT2D eigenvalue weighted by molar-refractivity contribution is 0.589. The first-order valence-electron chi connectivity index (χ1n) is 6.37. The number of nitrogens with one attached hydrogen (secondary N) is 1. The maximum atomic E-state index is 6.32. The standard InChI is InChI=1S/C14H15BrClN3/c1-9-6-10-13(12(16)7-9)18-8-11(15)14(10)19-4-2-17-3-5-19/h6-8,17H,2-5H2,1H3. The molecule has 100 valence electrons. The van der Waals surface area contributed by atoms with Crippen molar-refractivity contribution in [3.05, 3.63) is 33.4 Å². The SMILES string of the molecule is Cc1cc(Cl)c2ncc(Br)c(N3CCNCC3)c2c1. The number of rotatable bonds is 1. The molecule has 0 saturated carbocycles. The highest BCUT2D eigenvalue weighted by atomic mass is 79.9. The molecular formula is C14H15BrClN3. The van der Waals surface area contributed by atoms with Gasteiger partial charge in [0.25, 0.3) is 0 Å². The van der Waals surface area contributed by atoms with Crippen molar-refractivity contribution in [3.63, 3.8) is 0 Å². The zero-order chi connectivity index (χ0) is 13.4. The first kappa shape index (κ1) is 13.2. The molecule has 5 heteroatoms. The van der Waals surface area contributed by atoms with E-state index in [1.807, 2.05) is 12.3 Å². The Morgan fingerprint density at radius 1 is 1.32 bits per heavy atom. The van der Waals surface area contributed by atoms with Gasteiger partial charge in [-0.05, 0) is 40.5 Å². The predicted octanol–water partition coefficient (Wildman–Crippen LogP) is 3.37. The quantitative estimate of drug-likeness (QED) is 0.863. The van der Waals surface area contributed by atoms with Crippen LogP contribution < -0.4 is 10.2 Å². The van der Waals surface area contributed by atoms with E-state index >= 15 is 0 Å². The Hall–Kier alpha value is -0.840. The van der Waals surface area contributed by atoms with Crippen molar-refractivity contribution in [2.75, 3.05) is 31.1 Å². The smallest absolute Gasteiger partial charge is 0.0910 e. The van der Waals surface area contributed by atoms with E-state index in [1.54, 1.807) is 0 Å².